The number of nitrogens with one attached hydrogen (secondary N) is 2. The van der Waals surface area contributed by atoms with Crippen molar-refractivity contribution in [2.75, 3.05) is 6.54 Å². The van der Waals surface area contributed by atoms with Crippen LogP contribution in [0.1, 0.15) is 11.1 Å². The molecule has 0 saturated carbocycles. The van der Waals surface area contributed by atoms with Crippen molar-refractivity contribution in [3.05, 3.63) is 41.5 Å². The number of nitrogens with zero attached hydrogens (tertiary/aromatic N) is 1. The van der Waals surface area contributed by atoms with E-state index < -0.39 is 0 Å². The van der Waals surface area contributed by atoms with Gasteiger partial charge in [-0.3, -0.25) is 0 Å². The van der Waals surface area contributed by atoms with Crippen molar-refractivity contribution in [1.82, 2.24) is 10.9 Å². The summed E-state index contributed by atoms with van der Waals surface area (Å²) in [5.74, 6) is 0. The van der Waals surface area contributed by atoms with Gasteiger partial charge in [-0.1, -0.05) is 12.1 Å². The first kappa shape index (κ1) is 7.84. The van der Waals surface area contributed by atoms with E-state index in [1.807, 2.05) is 24.3 Å². The molecule has 1 aromatic carbocycles. The van der Waals surface area contributed by atoms with Crippen molar-refractivity contribution in [3.63, 3.8) is 0 Å². The van der Waals surface area contributed by atoms with E-state index in [1.165, 1.54) is 0 Å². The van der Waals surface area contributed by atoms with Crippen LogP contribution in [0.2, 0.25) is 0 Å². The van der Waals surface area contributed by atoms with Crippen LogP contribution in [0.25, 0.3) is 5.70 Å². The van der Waals surface area contributed by atoms with Crippen LogP contribution in [-0.4, -0.2) is 6.54 Å². The number of hydrogen-bond donors (Lipinski definition) is 2. The molecule has 0 amide bonds. The van der Waals surface area contributed by atoms with Gasteiger partial charge in [-0.25, -0.2) is 5.43 Å². The van der Waals surface area contributed by atoms with Crippen molar-refractivity contribution >= 4 is 5.70 Å². The Morgan fingerprint density at radius 1 is 1.23 bits per heavy atom. The number of benzene rings is 1. The first-order valence-electron chi connectivity index (χ1n) is 4.10. The van der Waals surface area contributed by atoms with Gasteiger partial charge in [0.2, 0.25) is 0 Å². The Bertz CT molecular complexity index is 370. The van der Waals surface area contributed by atoms with E-state index >= 15 is 0 Å². The van der Waals surface area contributed by atoms with Crippen molar-refractivity contribution in [1.29, 1.82) is 5.26 Å². The van der Waals surface area contributed by atoms with Crippen LogP contribution in [0.15, 0.2) is 30.3 Å². The van der Waals surface area contributed by atoms with Gasteiger partial charge < -0.3 is 5.43 Å². The highest BCUT2D eigenvalue weighted by Crippen LogP contribution is 2.13. The molecule has 3 heteroatoms. The highest BCUT2D eigenvalue weighted by Gasteiger charge is 2.04. The Hall–Kier alpha value is -1.79. The van der Waals surface area contributed by atoms with Crippen LogP contribution in [0.5, 0.6) is 0 Å². The fraction of sp³-hybridized carbons (Fsp3) is 0.100. The van der Waals surface area contributed by atoms with Crippen LogP contribution >= 0.6 is 0 Å². The van der Waals surface area contributed by atoms with Crippen LogP contribution in [0.4, 0.5) is 0 Å². The SMILES string of the molecule is N#Cc1ccc(C2=CCNN2)cc1. The topological polar surface area (TPSA) is 47.9 Å². The molecule has 0 atom stereocenters. The van der Waals surface area contributed by atoms with Crippen molar-refractivity contribution in [3.8, 4) is 6.07 Å². The third-order valence-electron chi connectivity index (χ3n) is 1.96. The number of hydrazine groups is 1. The van der Waals surface area contributed by atoms with Crippen LogP contribution < -0.4 is 10.9 Å². The van der Waals surface area contributed by atoms with E-state index in [2.05, 4.69) is 23.0 Å². The maximum Gasteiger partial charge on any atom is 0.0991 e. The summed E-state index contributed by atoms with van der Waals surface area (Å²) in [7, 11) is 0. The Kier molecular flexibility index (Phi) is 1.99. The Morgan fingerprint density at radius 3 is 2.54 bits per heavy atom. The molecule has 0 fully saturated rings. The molecule has 0 aliphatic carbocycles. The smallest absolute Gasteiger partial charge is 0.0991 e. The molecule has 1 aliphatic heterocycles. The number of hydrogen-bond acceptors (Lipinski definition) is 3. The Balaban J connectivity index is 2.28. The molecule has 3 nitrogen and oxygen atoms in total. The predicted octanol–water partition coefficient (Wildman–Crippen LogP) is 1.01. The molecule has 2 rings (SSSR count). The first-order chi connectivity index (χ1) is 6.40. The zero-order valence-corrected chi connectivity index (χ0v) is 7.04. The molecular formula is C10H9N3. The second-order valence-corrected chi connectivity index (χ2v) is 2.81. The fourth-order valence-corrected chi connectivity index (χ4v) is 1.26. The number of rotatable bonds is 1. The molecule has 64 valence electrons. The summed E-state index contributed by atoms with van der Waals surface area (Å²) >= 11 is 0. The molecule has 1 heterocycles. The molecule has 1 aromatic rings. The molecule has 0 radical (unpaired) electrons. The molecule has 0 bridgehead atoms. The van der Waals surface area contributed by atoms with E-state index in [1.54, 1.807) is 0 Å². The molecular weight excluding hydrogens is 162 g/mol. The molecule has 0 saturated heterocycles. The van der Waals surface area contributed by atoms with Gasteiger partial charge in [-0.05, 0) is 23.8 Å². The molecule has 0 aromatic heterocycles. The zero-order valence-electron chi connectivity index (χ0n) is 7.04. The van der Waals surface area contributed by atoms with Gasteiger partial charge in [0.05, 0.1) is 17.3 Å². The minimum Gasteiger partial charge on any atom is -0.321 e. The highest BCUT2D eigenvalue weighted by molar-refractivity contribution is 5.65. The monoisotopic (exact) mass is 171 g/mol. The summed E-state index contributed by atoms with van der Waals surface area (Å²) < 4.78 is 0. The lowest BCUT2D eigenvalue weighted by Crippen LogP contribution is -2.22. The van der Waals surface area contributed by atoms with Crippen LogP contribution in [-0.2, 0) is 0 Å². The molecule has 13 heavy (non-hydrogen) atoms. The van der Waals surface area contributed by atoms with Gasteiger partial charge in [-0.15, -0.1) is 0 Å². The largest absolute Gasteiger partial charge is 0.321 e. The first-order valence-corrected chi connectivity index (χ1v) is 4.10. The lowest BCUT2D eigenvalue weighted by molar-refractivity contribution is 0.738. The summed E-state index contributed by atoms with van der Waals surface area (Å²) in [5, 5.41) is 8.60. The Morgan fingerprint density at radius 2 is 2.00 bits per heavy atom. The minimum absolute atomic E-state index is 0.690. The van der Waals surface area contributed by atoms with E-state index in [4.69, 9.17) is 5.26 Å². The maximum absolute atomic E-state index is 8.60. The lowest BCUT2D eigenvalue weighted by atomic mass is 10.1. The van der Waals surface area contributed by atoms with Gasteiger partial charge in [0, 0.05) is 6.54 Å². The summed E-state index contributed by atoms with van der Waals surface area (Å²) in [6.45, 7) is 0.843. The van der Waals surface area contributed by atoms with E-state index in [-0.39, 0.29) is 0 Å². The van der Waals surface area contributed by atoms with E-state index in [9.17, 15) is 0 Å². The van der Waals surface area contributed by atoms with Crippen molar-refractivity contribution in [2.24, 2.45) is 0 Å². The second kappa shape index (κ2) is 3.30. The normalized spacial score (nSPS) is 14.5. The van der Waals surface area contributed by atoms with Gasteiger partial charge in [0.15, 0.2) is 0 Å². The summed E-state index contributed by atoms with van der Waals surface area (Å²) in [4.78, 5) is 0. The number of nitriles is 1. The van der Waals surface area contributed by atoms with Gasteiger partial charge >= 0.3 is 0 Å². The average molecular weight is 171 g/mol. The van der Waals surface area contributed by atoms with E-state index in [0.717, 1.165) is 17.8 Å². The van der Waals surface area contributed by atoms with Gasteiger partial charge in [0.25, 0.3) is 0 Å². The lowest BCUT2D eigenvalue weighted by Gasteiger charge is -2.03. The standard InChI is InChI=1S/C10H9N3/c11-7-8-1-3-9(4-2-8)10-5-6-12-13-10/h1-5,12-13H,6H2. The molecule has 2 N–H and O–H groups in total. The second-order valence-electron chi connectivity index (χ2n) is 2.81. The van der Waals surface area contributed by atoms with Gasteiger partial charge in [0.1, 0.15) is 0 Å². The summed E-state index contributed by atoms with van der Waals surface area (Å²) in [5.41, 5.74) is 8.89. The quantitative estimate of drug-likeness (QED) is 0.662. The zero-order chi connectivity index (χ0) is 9.10. The summed E-state index contributed by atoms with van der Waals surface area (Å²) in [6.07, 6.45) is 2.07. The maximum atomic E-state index is 8.60. The highest BCUT2D eigenvalue weighted by atomic mass is 15.4. The van der Waals surface area contributed by atoms with Crippen LogP contribution in [0.3, 0.4) is 0 Å². The van der Waals surface area contributed by atoms with Crippen molar-refractivity contribution < 1.29 is 0 Å². The molecule has 1 aliphatic rings. The average Bonchev–Trinajstić information content (AvgIpc) is 2.71. The van der Waals surface area contributed by atoms with Crippen molar-refractivity contribution in [2.45, 2.75) is 0 Å². The summed E-state index contributed by atoms with van der Waals surface area (Å²) in [6, 6.07) is 9.59. The third-order valence-corrected chi connectivity index (χ3v) is 1.96. The third kappa shape index (κ3) is 1.53. The van der Waals surface area contributed by atoms with Gasteiger partial charge in [-0.2, -0.15) is 5.26 Å². The minimum atomic E-state index is 0.690. The predicted molar refractivity (Wildman–Crippen MR) is 50.3 cm³/mol. The molecule has 0 spiro atoms. The molecule has 0 unspecified atom stereocenters. The van der Waals surface area contributed by atoms with E-state index in [0.29, 0.717) is 5.56 Å². The fourth-order valence-electron chi connectivity index (χ4n) is 1.26. The van der Waals surface area contributed by atoms with Crippen LogP contribution in [0, 0.1) is 11.3 Å². The Labute approximate surface area is 76.7 Å².